The zero-order valence-electron chi connectivity index (χ0n) is 18.3. The predicted molar refractivity (Wildman–Crippen MR) is 126 cm³/mol. The van der Waals surface area contributed by atoms with Crippen molar-refractivity contribution < 1.29 is 14.3 Å². The lowest BCUT2D eigenvalue weighted by Gasteiger charge is -2.30. The number of furan rings is 1. The van der Waals surface area contributed by atoms with Gasteiger partial charge >= 0.3 is 0 Å². The number of phenols is 1. The molecule has 1 atom stereocenters. The molecule has 2 aromatic heterocycles. The summed E-state index contributed by atoms with van der Waals surface area (Å²) in [6.07, 6.45) is 0. The molecule has 0 fully saturated rings. The Labute approximate surface area is 194 Å². The second-order valence-electron chi connectivity index (χ2n) is 8.50. The van der Waals surface area contributed by atoms with Gasteiger partial charge in [0, 0.05) is 18.6 Å². The number of amides is 1. The first-order chi connectivity index (χ1) is 14.5. The number of hydrogen-bond acceptors (Lipinski definition) is 8. The third kappa shape index (κ3) is 5.01. The number of carbonyl (C=O) groups excluding carboxylic acids is 1. The van der Waals surface area contributed by atoms with Gasteiger partial charge in [-0.05, 0) is 52.5 Å². The zero-order valence-corrected chi connectivity index (χ0v) is 20.7. The van der Waals surface area contributed by atoms with E-state index in [0.29, 0.717) is 21.8 Å². The van der Waals surface area contributed by atoms with Crippen LogP contribution in [0, 0.1) is 12.3 Å². The van der Waals surface area contributed by atoms with E-state index in [1.807, 2.05) is 19.1 Å². The molecule has 3 rings (SSSR count). The van der Waals surface area contributed by atoms with Gasteiger partial charge in [0.15, 0.2) is 17.4 Å². The minimum absolute atomic E-state index is 0.157. The average Bonchev–Trinajstić information content (AvgIpc) is 3.29. The quantitative estimate of drug-likeness (QED) is 0.375. The molecule has 31 heavy (non-hydrogen) atoms. The van der Waals surface area contributed by atoms with Crippen molar-refractivity contribution in [1.82, 2.24) is 13.6 Å². The minimum Gasteiger partial charge on any atom is -0.505 e. The second kappa shape index (κ2) is 8.88. The topological polar surface area (TPSA) is 104 Å². The molecule has 1 amide bonds. The van der Waals surface area contributed by atoms with Gasteiger partial charge in [-0.25, -0.2) is 0 Å². The van der Waals surface area contributed by atoms with Gasteiger partial charge in [-0.15, -0.1) is 0 Å². The molecule has 0 aliphatic rings. The molecule has 8 nitrogen and oxygen atoms in total. The molecule has 0 aliphatic heterocycles. The first-order valence-corrected chi connectivity index (χ1v) is 11.2. The van der Waals surface area contributed by atoms with E-state index in [4.69, 9.17) is 4.42 Å². The zero-order chi connectivity index (χ0) is 22.9. The van der Waals surface area contributed by atoms with E-state index < -0.39 is 0 Å². The number of aromatic hydroxyl groups is 1. The fourth-order valence-electron chi connectivity index (χ4n) is 3.05. The van der Waals surface area contributed by atoms with Crippen LogP contribution in [0.4, 0.5) is 17.3 Å². The molecule has 0 saturated heterocycles. The highest BCUT2D eigenvalue weighted by molar-refractivity contribution is 9.10. The summed E-state index contributed by atoms with van der Waals surface area (Å²) < 4.78 is 15.1. The summed E-state index contributed by atoms with van der Waals surface area (Å²) >= 11 is 4.38. The highest BCUT2D eigenvalue weighted by Gasteiger charge is 2.31. The van der Waals surface area contributed by atoms with Crippen LogP contribution in [0.2, 0.25) is 0 Å². The van der Waals surface area contributed by atoms with Gasteiger partial charge in [-0.3, -0.25) is 4.79 Å². The molecule has 10 heteroatoms. The van der Waals surface area contributed by atoms with E-state index in [-0.39, 0.29) is 28.7 Å². The second-order valence-corrected chi connectivity index (χ2v) is 9.88. The number of hydrogen-bond donors (Lipinski definition) is 3. The summed E-state index contributed by atoms with van der Waals surface area (Å²) in [7, 11) is 3.26. The molecule has 0 bridgehead atoms. The van der Waals surface area contributed by atoms with Gasteiger partial charge in [-0.1, -0.05) is 20.8 Å². The van der Waals surface area contributed by atoms with Gasteiger partial charge in [0.2, 0.25) is 0 Å². The molecule has 0 aliphatic carbocycles. The van der Waals surface area contributed by atoms with Crippen LogP contribution in [-0.2, 0) is 0 Å². The van der Waals surface area contributed by atoms with E-state index in [2.05, 4.69) is 56.1 Å². The lowest BCUT2D eigenvalue weighted by molar-refractivity contribution is 0.0824. The van der Waals surface area contributed by atoms with Crippen molar-refractivity contribution in [3.05, 3.63) is 45.8 Å². The Morgan fingerprint density at radius 3 is 2.45 bits per heavy atom. The van der Waals surface area contributed by atoms with Crippen molar-refractivity contribution in [3.63, 3.8) is 0 Å². The molecule has 3 aromatic rings. The molecule has 0 spiro atoms. The summed E-state index contributed by atoms with van der Waals surface area (Å²) in [4.78, 5) is 13.9. The summed E-state index contributed by atoms with van der Waals surface area (Å²) in [5.74, 6) is 2.13. The Bertz CT molecular complexity index is 1090. The van der Waals surface area contributed by atoms with Crippen molar-refractivity contribution in [1.29, 1.82) is 0 Å². The number of aryl methyl sites for hydroxylation is 1. The van der Waals surface area contributed by atoms with Crippen molar-refractivity contribution in [2.45, 2.75) is 33.7 Å². The molecule has 0 radical (unpaired) electrons. The Morgan fingerprint density at radius 1 is 1.19 bits per heavy atom. The summed E-state index contributed by atoms with van der Waals surface area (Å²) in [5.41, 5.74) is 0.354. The van der Waals surface area contributed by atoms with E-state index in [0.717, 1.165) is 23.2 Å². The third-order valence-electron chi connectivity index (χ3n) is 4.68. The summed E-state index contributed by atoms with van der Waals surface area (Å²) in [6, 6.07) is 7.10. The SMILES string of the molecule is Cc1ccc([C@H](Nc2nsnc2Nc2ccc(Br)c(C(=O)N(C)C)c2O)C(C)(C)C)o1. The maximum absolute atomic E-state index is 12.5. The molecule has 0 saturated carbocycles. The van der Waals surface area contributed by atoms with Crippen molar-refractivity contribution in [2.75, 3.05) is 24.7 Å². The van der Waals surface area contributed by atoms with Crippen LogP contribution in [-0.4, -0.2) is 38.8 Å². The van der Waals surface area contributed by atoms with Crippen LogP contribution in [0.5, 0.6) is 5.75 Å². The van der Waals surface area contributed by atoms with Crippen LogP contribution in [0.25, 0.3) is 0 Å². The number of nitrogens with one attached hydrogen (secondary N) is 2. The van der Waals surface area contributed by atoms with Gasteiger partial charge in [-0.2, -0.15) is 8.75 Å². The fraction of sp³-hybridized carbons (Fsp3) is 0.381. The van der Waals surface area contributed by atoms with E-state index in [9.17, 15) is 9.90 Å². The summed E-state index contributed by atoms with van der Waals surface area (Å²) in [6.45, 7) is 8.23. The maximum atomic E-state index is 12.5. The van der Waals surface area contributed by atoms with Crippen molar-refractivity contribution in [3.8, 4) is 5.75 Å². The monoisotopic (exact) mass is 507 g/mol. The maximum Gasteiger partial charge on any atom is 0.258 e. The number of anilines is 3. The lowest BCUT2D eigenvalue weighted by Crippen LogP contribution is -2.25. The Morgan fingerprint density at radius 2 is 1.87 bits per heavy atom. The minimum atomic E-state index is -0.316. The van der Waals surface area contributed by atoms with Crippen LogP contribution < -0.4 is 10.6 Å². The van der Waals surface area contributed by atoms with Gasteiger partial charge in [0.1, 0.15) is 11.5 Å². The van der Waals surface area contributed by atoms with Crippen molar-refractivity contribution in [2.24, 2.45) is 5.41 Å². The van der Waals surface area contributed by atoms with E-state index >= 15 is 0 Å². The van der Waals surface area contributed by atoms with Crippen LogP contribution >= 0.6 is 27.7 Å². The first kappa shape index (κ1) is 23.1. The molecule has 3 N–H and O–H groups in total. The molecule has 2 heterocycles. The van der Waals surface area contributed by atoms with Crippen LogP contribution in [0.15, 0.2) is 33.2 Å². The number of carbonyl (C=O) groups is 1. The molecular formula is C21H26BrN5O3S. The van der Waals surface area contributed by atoms with Gasteiger partial charge < -0.3 is 25.1 Å². The van der Waals surface area contributed by atoms with Crippen LogP contribution in [0.3, 0.4) is 0 Å². The predicted octanol–water partition coefficient (Wildman–Crippen LogP) is 5.55. The Hall–Kier alpha value is -2.59. The average molecular weight is 508 g/mol. The Kier molecular flexibility index (Phi) is 6.61. The lowest BCUT2D eigenvalue weighted by atomic mass is 9.85. The molecular weight excluding hydrogens is 482 g/mol. The number of halogens is 1. The molecule has 166 valence electrons. The number of phenolic OH excluding ortho intramolecular Hbond substituents is 1. The van der Waals surface area contributed by atoms with Gasteiger partial charge in [0.05, 0.1) is 29.0 Å². The van der Waals surface area contributed by atoms with E-state index in [1.165, 1.54) is 4.90 Å². The third-order valence-corrected chi connectivity index (χ3v) is 5.87. The number of nitrogens with zero attached hydrogens (tertiary/aromatic N) is 3. The summed E-state index contributed by atoms with van der Waals surface area (Å²) in [5, 5.41) is 17.3. The highest BCUT2D eigenvalue weighted by Crippen LogP contribution is 2.40. The highest BCUT2D eigenvalue weighted by atomic mass is 79.9. The van der Waals surface area contributed by atoms with Crippen molar-refractivity contribution >= 4 is 50.9 Å². The number of benzene rings is 1. The number of rotatable bonds is 6. The van der Waals surface area contributed by atoms with Crippen LogP contribution in [0.1, 0.15) is 48.7 Å². The standard InChI is InChI=1S/C21H26BrN5O3S/c1-11-7-10-14(30-11)17(21(2,3)4)24-19-18(25-31-26-19)23-13-9-8-12(22)15(16(13)28)20(29)27(5)6/h7-10,17,28H,1-6H3,(H,23,25)(H,24,26)/t17-/m0/s1. The molecule has 1 aromatic carbocycles. The Balaban J connectivity index is 1.92. The smallest absolute Gasteiger partial charge is 0.258 e. The largest absolute Gasteiger partial charge is 0.505 e. The number of aromatic nitrogens is 2. The fourth-order valence-corrected chi connectivity index (χ4v) is 4.01. The van der Waals surface area contributed by atoms with Gasteiger partial charge in [0.25, 0.3) is 5.91 Å². The normalized spacial score (nSPS) is 12.5. The van der Waals surface area contributed by atoms with E-state index in [1.54, 1.807) is 26.2 Å². The first-order valence-electron chi connectivity index (χ1n) is 9.64. The molecule has 0 unspecified atom stereocenters.